The molecule has 0 radical (unpaired) electrons. The van der Waals surface area contributed by atoms with Gasteiger partial charge in [-0.3, -0.25) is 9.11 Å². The molecule has 0 aliphatic carbocycles. The van der Waals surface area contributed by atoms with Gasteiger partial charge in [-0.2, -0.15) is 5.10 Å². The molecule has 0 saturated carbocycles. The minimum Gasteiger partial charge on any atom is -0.354 e. The van der Waals surface area contributed by atoms with E-state index in [1.54, 1.807) is 18.7 Å². The normalized spacial score (nSPS) is 18.1. The number of anilines is 1. The number of halogens is 2. The summed E-state index contributed by atoms with van der Waals surface area (Å²) in [6, 6.07) is 4.69. The highest BCUT2D eigenvalue weighted by Crippen LogP contribution is 2.24. The third kappa shape index (κ3) is 4.79. The lowest BCUT2D eigenvalue weighted by atomic mass is 10.1. The Morgan fingerprint density at radius 3 is 2.77 bits per heavy atom. The summed E-state index contributed by atoms with van der Waals surface area (Å²) in [6.07, 6.45) is 3.61. The van der Waals surface area contributed by atoms with E-state index >= 15 is 0 Å². The van der Waals surface area contributed by atoms with Crippen molar-refractivity contribution in [1.29, 1.82) is 0 Å². The summed E-state index contributed by atoms with van der Waals surface area (Å²) in [6.45, 7) is 2.72. The summed E-state index contributed by atoms with van der Waals surface area (Å²) in [5.74, 6) is 0.719. The molecule has 0 N–H and O–H groups in total. The molecule has 0 spiro atoms. The molecule has 12 heteroatoms. The standard InChI is InChI=1S/C19H24F2N8OS/c1-27-6-7-28(11-13(27)9-25-31(2,3)30)18-8-15(23-12-24-18)16-10-22-17-5-4-14(19(20)21)26-29(16)17/h4-5,8,10,12-13,19H,6-7,9,11H2,1-3H3/t13-/m1/s1. The molecule has 0 bridgehead atoms. The second kappa shape index (κ2) is 8.42. The summed E-state index contributed by atoms with van der Waals surface area (Å²) in [4.78, 5) is 17.3. The third-order valence-electron chi connectivity index (χ3n) is 5.22. The fraction of sp³-hybridized carbons (Fsp3) is 0.474. The van der Waals surface area contributed by atoms with Gasteiger partial charge in [0.1, 0.15) is 23.5 Å². The molecule has 4 heterocycles. The quantitative estimate of drug-likeness (QED) is 0.587. The number of rotatable bonds is 5. The number of likely N-dealkylation sites (N-methyl/N-ethyl adjacent to an activating group) is 1. The minimum absolute atomic E-state index is 0.110. The van der Waals surface area contributed by atoms with Crippen molar-refractivity contribution in [2.45, 2.75) is 12.5 Å². The Morgan fingerprint density at radius 1 is 1.23 bits per heavy atom. The molecular weight excluding hydrogens is 426 g/mol. The van der Waals surface area contributed by atoms with Crippen molar-refractivity contribution in [3.05, 3.63) is 36.4 Å². The smallest absolute Gasteiger partial charge is 0.282 e. The molecule has 1 saturated heterocycles. The van der Waals surface area contributed by atoms with Crippen molar-refractivity contribution < 1.29 is 13.0 Å². The van der Waals surface area contributed by atoms with Gasteiger partial charge in [-0.1, -0.05) is 0 Å². The van der Waals surface area contributed by atoms with Crippen LogP contribution in [0, 0.1) is 0 Å². The van der Waals surface area contributed by atoms with Gasteiger partial charge >= 0.3 is 0 Å². The van der Waals surface area contributed by atoms with Gasteiger partial charge in [0.2, 0.25) is 0 Å². The van der Waals surface area contributed by atoms with Gasteiger partial charge in [0.05, 0.1) is 18.4 Å². The fourth-order valence-electron chi connectivity index (χ4n) is 3.46. The zero-order valence-corrected chi connectivity index (χ0v) is 18.3. The Bertz CT molecular complexity index is 1200. The Labute approximate surface area is 179 Å². The largest absolute Gasteiger partial charge is 0.354 e. The number of piperazine rings is 1. The third-order valence-corrected chi connectivity index (χ3v) is 5.99. The molecule has 3 aromatic heterocycles. The first-order valence-corrected chi connectivity index (χ1v) is 12.1. The van der Waals surface area contributed by atoms with Crippen LogP contribution in [0.3, 0.4) is 0 Å². The lowest BCUT2D eigenvalue weighted by molar-refractivity contribution is 0.144. The number of hydrogen-bond donors (Lipinski definition) is 0. The van der Waals surface area contributed by atoms with E-state index in [4.69, 9.17) is 0 Å². The topological polar surface area (TPSA) is 91.9 Å². The lowest BCUT2D eigenvalue weighted by Crippen LogP contribution is -2.53. The van der Waals surface area contributed by atoms with Crippen molar-refractivity contribution >= 4 is 21.2 Å². The summed E-state index contributed by atoms with van der Waals surface area (Å²) in [5, 5.41) is 4.01. The lowest BCUT2D eigenvalue weighted by Gasteiger charge is -2.39. The SMILES string of the molecule is CN1CCN(c2cc(-c3cnc4ccc(C(F)F)nn34)ncn2)C[C@H]1CN=S(C)(C)=O. The number of hydrogen-bond acceptors (Lipinski definition) is 8. The van der Waals surface area contributed by atoms with Gasteiger partial charge in [-0.25, -0.2) is 32.6 Å². The second-order valence-electron chi connectivity index (χ2n) is 7.81. The Morgan fingerprint density at radius 2 is 2.03 bits per heavy atom. The number of fused-ring (bicyclic) bond motifs is 1. The first-order valence-electron chi connectivity index (χ1n) is 9.74. The van der Waals surface area contributed by atoms with Crippen LogP contribution in [0.15, 0.2) is 35.1 Å². The van der Waals surface area contributed by atoms with Crippen molar-refractivity contribution in [2.75, 3.05) is 50.6 Å². The van der Waals surface area contributed by atoms with Gasteiger partial charge in [0.15, 0.2) is 5.65 Å². The maximum atomic E-state index is 13.1. The molecule has 166 valence electrons. The minimum atomic E-state index is -2.67. The highest BCUT2D eigenvalue weighted by Gasteiger charge is 2.26. The van der Waals surface area contributed by atoms with E-state index in [1.807, 2.05) is 13.1 Å². The molecule has 9 nitrogen and oxygen atoms in total. The van der Waals surface area contributed by atoms with E-state index in [1.165, 1.54) is 23.0 Å². The predicted molar refractivity (Wildman–Crippen MR) is 115 cm³/mol. The van der Waals surface area contributed by atoms with Crippen molar-refractivity contribution in [3.63, 3.8) is 0 Å². The van der Waals surface area contributed by atoms with Gasteiger partial charge < -0.3 is 4.90 Å². The van der Waals surface area contributed by atoms with E-state index in [9.17, 15) is 13.0 Å². The van der Waals surface area contributed by atoms with Crippen LogP contribution in [0.2, 0.25) is 0 Å². The second-order valence-corrected chi connectivity index (χ2v) is 10.4. The number of alkyl halides is 2. The van der Waals surface area contributed by atoms with E-state index in [0.717, 1.165) is 18.9 Å². The molecule has 1 fully saturated rings. The number of aromatic nitrogens is 5. The zero-order valence-electron chi connectivity index (χ0n) is 17.5. The van der Waals surface area contributed by atoms with Crippen LogP contribution in [0.5, 0.6) is 0 Å². The zero-order chi connectivity index (χ0) is 22.2. The molecular formula is C19H24F2N8OS. The average molecular weight is 451 g/mol. The molecule has 4 rings (SSSR count). The number of imidazole rings is 1. The first-order chi connectivity index (χ1) is 14.7. The summed E-state index contributed by atoms with van der Waals surface area (Å²) >= 11 is 0. The molecule has 31 heavy (non-hydrogen) atoms. The molecule has 1 aliphatic rings. The van der Waals surface area contributed by atoms with Crippen LogP contribution in [-0.4, -0.2) is 85.5 Å². The van der Waals surface area contributed by atoms with E-state index in [-0.39, 0.29) is 11.7 Å². The Hall–Kier alpha value is -2.73. The van der Waals surface area contributed by atoms with Crippen LogP contribution in [-0.2, 0) is 9.73 Å². The van der Waals surface area contributed by atoms with Gasteiger partial charge in [-0.15, -0.1) is 0 Å². The van der Waals surface area contributed by atoms with Gasteiger partial charge in [-0.05, 0) is 19.2 Å². The summed E-state index contributed by atoms with van der Waals surface area (Å²) in [7, 11) is -0.133. The van der Waals surface area contributed by atoms with Crippen LogP contribution in [0.4, 0.5) is 14.6 Å². The van der Waals surface area contributed by atoms with Crippen LogP contribution in [0.25, 0.3) is 17.0 Å². The molecule has 0 aromatic carbocycles. The summed E-state index contributed by atoms with van der Waals surface area (Å²) in [5.41, 5.74) is 1.19. The Balaban J connectivity index is 1.62. The monoisotopic (exact) mass is 450 g/mol. The van der Waals surface area contributed by atoms with Crippen LogP contribution >= 0.6 is 0 Å². The van der Waals surface area contributed by atoms with Crippen molar-refractivity contribution in [1.82, 2.24) is 29.5 Å². The van der Waals surface area contributed by atoms with E-state index < -0.39 is 16.2 Å². The highest BCUT2D eigenvalue weighted by atomic mass is 32.2. The van der Waals surface area contributed by atoms with Gasteiger partial charge in [0.25, 0.3) is 6.43 Å². The molecule has 0 unspecified atom stereocenters. The maximum Gasteiger partial charge on any atom is 0.282 e. The Kier molecular flexibility index (Phi) is 5.84. The molecule has 1 aliphatic heterocycles. The van der Waals surface area contributed by atoms with E-state index in [2.05, 4.69) is 34.2 Å². The molecule has 0 amide bonds. The van der Waals surface area contributed by atoms with Crippen molar-refractivity contribution in [2.24, 2.45) is 4.36 Å². The van der Waals surface area contributed by atoms with Gasteiger partial charge in [0, 0.05) is 54.0 Å². The molecule has 1 atom stereocenters. The van der Waals surface area contributed by atoms with Crippen molar-refractivity contribution in [3.8, 4) is 11.4 Å². The fourth-order valence-corrected chi connectivity index (χ4v) is 3.99. The predicted octanol–water partition coefficient (Wildman–Crippen LogP) is 1.97. The molecule has 3 aromatic rings. The first kappa shape index (κ1) is 21.5. The van der Waals surface area contributed by atoms with E-state index in [0.29, 0.717) is 30.1 Å². The van der Waals surface area contributed by atoms with Crippen LogP contribution in [0.1, 0.15) is 12.1 Å². The average Bonchev–Trinajstić information content (AvgIpc) is 3.16. The number of nitrogens with zero attached hydrogens (tertiary/aromatic N) is 8. The summed E-state index contributed by atoms with van der Waals surface area (Å²) < 4.78 is 43.8. The highest BCUT2D eigenvalue weighted by molar-refractivity contribution is 7.92. The maximum absolute atomic E-state index is 13.1. The van der Waals surface area contributed by atoms with Crippen LogP contribution < -0.4 is 4.90 Å².